The Labute approximate surface area is 187 Å². The first kappa shape index (κ1) is 20.9. The second kappa shape index (κ2) is 6.68. The van der Waals surface area contributed by atoms with Crippen molar-refractivity contribution in [2.75, 3.05) is 6.61 Å². The van der Waals surface area contributed by atoms with Crippen LogP contribution in [0.4, 0.5) is 0 Å². The highest BCUT2D eigenvalue weighted by Crippen LogP contribution is 2.70. The van der Waals surface area contributed by atoms with Crippen molar-refractivity contribution in [3.05, 3.63) is 23.8 Å². The maximum absolute atomic E-state index is 11.1. The summed E-state index contributed by atoms with van der Waals surface area (Å²) in [6.07, 6.45) is 9.75. The first-order chi connectivity index (χ1) is 14.7. The normalized spacial score (nSPS) is 58.4. The Morgan fingerprint density at radius 3 is 2.68 bits per heavy atom. The molecule has 0 radical (unpaired) electrons. The number of ether oxygens (including phenoxy) is 2. The van der Waals surface area contributed by atoms with Gasteiger partial charge in [0.1, 0.15) is 0 Å². The minimum atomic E-state index is -0.428. The SMILES string of the molecule is C=C1CC[C@@]2(OC1)O[C@H]1C[C@H]3[C@@H]4CC=C5C[C@@H](O)C[C@@H](O)[C@]5(C)[C@H]4CC[C@]3(C)C1[C@@H]2C. The molecular weight excluding hydrogens is 388 g/mol. The van der Waals surface area contributed by atoms with Gasteiger partial charge >= 0.3 is 0 Å². The standard InChI is InChI=1S/C27H40O4/c1-15-7-10-27(30-14-15)16(2)24-22(31-27)13-21-19-6-5-17-11-18(28)12-23(29)26(17,4)20(19)8-9-25(21,24)3/h5,16,18-24,28-29H,1,6-14H2,2-4H3/t16-,18+,19+,20-,21-,22-,23+,24?,25-,26-,27+/m0/s1. The van der Waals surface area contributed by atoms with Crippen LogP contribution in [0.15, 0.2) is 23.8 Å². The Hall–Kier alpha value is -0.680. The summed E-state index contributed by atoms with van der Waals surface area (Å²) in [5.74, 6) is 2.35. The molecule has 1 spiro atoms. The van der Waals surface area contributed by atoms with Crippen molar-refractivity contribution in [2.24, 2.45) is 40.4 Å². The van der Waals surface area contributed by atoms with Crippen LogP contribution in [-0.2, 0) is 9.47 Å². The highest BCUT2D eigenvalue weighted by atomic mass is 16.7. The van der Waals surface area contributed by atoms with E-state index in [0.29, 0.717) is 48.7 Å². The molecule has 4 aliphatic carbocycles. The van der Waals surface area contributed by atoms with E-state index in [9.17, 15) is 10.2 Å². The summed E-state index contributed by atoms with van der Waals surface area (Å²) < 4.78 is 13.2. The van der Waals surface area contributed by atoms with Crippen LogP contribution >= 0.6 is 0 Å². The number of hydrogen-bond donors (Lipinski definition) is 2. The average Bonchev–Trinajstić information content (AvgIpc) is 3.16. The van der Waals surface area contributed by atoms with Crippen LogP contribution < -0.4 is 0 Å². The van der Waals surface area contributed by atoms with Crippen molar-refractivity contribution in [3.63, 3.8) is 0 Å². The Balaban J connectivity index is 1.30. The van der Waals surface area contributed by atoms with Crippen molar-refractivity contribution in [3.8, 4) is 0 Å². The largest absolute Gasteiger partial charge is 0.393 e. The molecule has 31 heavy (non-hydrogen) atoms. The molecule has 2 N–H and O–H groups in total. The average molecular weight is 429 g/mol. The first-order valence-corrected chi connectivity index (χ1v) is 12.7. The first-order valence-electron chi connectivity index (χ1n) is 12.7. The molecule has 6 rings (SSSR count). The van der Waals surface area contributed by atoms with E-state index in [1.807, 2.05) is 0 Å². The fourth-order valence-electron chi connectivity index (χ4n) is 9.55. The van der Waals surface area contributed by atoms with Gasteiger partial charge < -0.3 is 19.7 Å². The van der Waals surface area contributed by atoms with E-state index in [0.717, 1.165) is 32.1 Å². The molecule has 4 heteroatoms. The number of allylic oxidation sites excluding steroid dienone is 1. The molecule has 0 amide bonds. The summed E-state index contributed by atoms with van der Waals surface area (Å²) in [5.41, 5.74) is 2.63. The lowest BCUT2D eigenvalue weighted by Crippen LogP contribution is -2.56. The molecule has 4 nitrogen and oxygen atoms in total. The van der Waals surface area contributed by atoms with Gasteiger partial charge in [-0.25, -0.2) is 0 Å². The Morgan fingerprint density at radius 1 is 1.13 bits per heavy atom. The van der Waals surface area contributed by atoms with Crippen LogP contribution in [0.3, 0.4) is 0 Å². The quantitative estimate of drug-likeness (QED) is 0.554. The molecule has 172 valence electrons. The molecule has 6 aliphatic rings. The van der Waals surface area contributed by atoms with E-state index in [1.54, 1.807) is 0 Å². The van der Waals surface area contributed by atoms with Crippen LogP contribution in [0, 0.1) is 40.4 Å². The minimum absolute atomic E-state index is 0.165. The van der Waals surface area contributed by atoms with E-state index >= 15 is 0 Å². The highest BCUT2D eigenvalue weighted by Gasteiger charge is 2.69. The lowest BCUT2D eigenvalue weighted by atomic mass is 9.46. The van der Waals surface area contributed by atoms with Crippen LogP contribution in [-0.4, -0.2) is 40.9 Å². The number of aliphatic hydroxyl groups is 2. The van der Waals surface area contributed by atoms with Gasteiger partial charge in [0.15, 0.2) is 5.79 Å². The van der Waals surface area contributed by atoms with Crippen molar-refractivity contribution in [1.82, 2.24) is 0 Å². The molecule has 2 aliphatic heterocycles. The van der Waals surface area contributed by atoms with Gasteiger partial charge in [-0.15, -0.1) is 0 Å². The molecule has 0 aromatic carbocycles. The van der Waals surface area contributed by atoms with Crippen molar-refractivity contribution < 1.29 is 19.7 Å². The van der Waals surface area contributed by atoms with Gasteiger partial charge in [0, 0.05) is 24.2 Å². The van der Waals surface area contributed by atoms with Crippen molar-refractivity contribution in [1.29, 1.82) is 0 Å². The number of rotatable bonds is 0. The van der Waals surface area contributed by atoms with Gasteiger partial charge in [0.25, 0.3) is 0 Å². The number of fused-ring (bicyclic) bond motifs is 7. The van der Waals surface area contributed by atoms with Gasteiger partial charge in [-0.1, -0.05) is 44.6 Å². The minimum Gasteiger partial charge on any atom is -0.393 e. The molecule has 2 heterocycles. The predicted molar refractivity (Wildman–Crippen MR) is 119 cm³/mol. The van der Waals surface area contributed by atoms with Crippen LogP contribution in [0.2, 0.25) is 0 Å². The van der Waals surface area contributed by atoms with E-state index in [-0.39, 0.29) is 16.9 Å². The van der Waals surface area contributed by atoms with Crippen molar-refractivity contribution >= 4 is 0 Å². The van der Waals surface area contributed by atoms with Gasteiger partial charge in [-0.2, -0.15) is 0 Å². The fraction of sp³-hybridized carbons (Fsp3) is 0.852. The molecule has 1 unspecified atom stereocenters. The van der Waals surface area contributed by atoms with Gasteiger partial charge in [0.2, 0.25) is 0 Å². The molecule has 3 saturated carbocycles. The summed E-state index contributed by atoms with van der Waals surface area (Å²) in [6.45, 7) is 12.0. The zero-order valence-corrected chi connectivity index (χ0v) is 19.5. The van der Waals surface area contributed by atoms with E-state index < -0.39 is 11.9 Å². The maximum atomic E-state index is 11.1. The molecule has 0 aromatic rings. The van der Waals surface area contributed by atoms with E-state index in [2.05, 4.69) is 33.4 Å². The second-order valence-electron chi connectivity index (χ2n) is 12.3. The maximum Gasteiger partial charge on any atom is 0.172 e. The predicted octanol–water partition coefficient (Wildman–Crippen LogP) is 4.60. The summed E-state index contributed by atoms with van der Waals surface area (Å²) in [7, 11) is 0. The molecular formula is C27H40O4. The smallest absolute Gasteiger partial charge is 0.172 e. The number of aliphatic hydroxyl groups excluding tert-OH is 2. The summed E-state index contributed by atoms with van der Waals surface area (Å²) in [5, 5.41) is 21.4. The third kappa shape index (κ3) is 2.62. The third-order valence-electron chi connectivity index (χ3n) is 11.2. The summed E-state index contributed by atoms with van der Waals surface area (Å²) in [4.78, 5) is 0. The van der Waals surface area contributed by atoms with Crippen LogP contribution in [0.5, 0.6) is 0 Å². The third-order valence-corrected chi connectivity index (χ3v) is 11.2. The van der Waals surface area contributed by atoms with Gasteiger partial charge in [-0.05, 0) is 67.6 Å². The second-order valence-corrected chi connectivity index (χ2v) is 12.3. The topological polar surface area (TPSA) is 58.9 Å². The van der Waals surface area contributed by atoms with Gasteiger partial charge in [-0.3, -0.25) is 0 Å². The lowest BCUT2D eigenvalue weighted by molar-refractivity contribution is -0.255. The Kier molecular flexibility index (Phi) is 4.50. The summed E-state index contributed by atoms with van der Waals surface area (Å²) >= 11 is 0. The molecule has 5 fully saturated rings. The highest BCUT2D eigenvalue weighted by molar-refractivity contribution is 5.28. The Morgan fingerprint density at radius 2 is 1.94 bits per heavy atom. The van der Waals surface area contributed by atoms with E-state index in [1.165, 1.54) is 24.0 Å². The van der Waals surface area contributed by atoms with Crippen LogP contribution in [0.1, 0.15) is 72.1 Å². The Bertz CT molecular complexity index is 808. The van der Waals surface area contributed by atoms with E-state index in [4.69, 9.17) is 9.47 Å². The van der Waals surface area contributed by atoms with Crippen LogP contribution in [0.25, 0.3) is 0 Å². The zero-order valence-electron chi connectivity index (χ0n) is 19.5. The van der Waals surface area contributed by atoms with Gasteiger partial charge in [0.05, 0.1) is 24.9 Å². The molecule has 2 saturated heterocycles. The molecule has 0 aromatic heterocycles. The van der Waals surface area contributed by atoms with Crippen molar-refractivity contribution in [2.45, 2.75) is 96.2 Å². The number of hydrogen-bond acceptors (Lipinski definition) is 4. The lowest BCUT2D eigenvalue weighted by Gasteiger charge is -2.59. The fourth-order valence-corrected chi connectivity index (χ4v) is 9.55. The monoisotopic (exact) mass is 428 g/mol. The molecule has 11 atom stereocenters. The summed E-state index contributed by atoms with van der Waals surface area (Å²) in [6, 6.07) is 0. The zero-order chi connectivity index (χ0) is 21.8. The molecule has 0 bridgehead atoms.